The van der Waals surface area contributed by atoms with Gasteiger partial charge < -0.3 is 4.90 Å². The minimum atomic E-state index is -0.564. The van der Waals surface area contributed by atoms with Crippen LogP contribution in [0.15, 0.2) is 18.2 Å². The predicted octanol–water partition coefficient (Wildman–Crippen LogP) is 3.50. The van der Waals surface area contributed by atoms with Crippen LogP contribution >= 0.6 is 27.5 Å². The molecule has 1 saturated heterocycles. The summed E-state index contributed by atoms with van der Waals surface area (Å²) in [5, 5.41) is 12.2. The molecule has 0 spiro atoms. The summed E-state index contributed by atoms with van der Waals surface area (Å²) in [7, 11) is 0. The van der Waals surface area contributed by atoms with Crippen molar-refractivity contribution >= 4 is 39.1 Å². The third-order valence-electron chi connectivity index (χ3n) is 3.48. The number of benzene rings is 1. The summed E-state index contributed by atoms with van der Waals surface area (Å²) in [6.45, 7) is 1.31. The second-order valence-electron chi connectivity index (χ2n) is 4.80. The third-order valence-corrected chi connectivity index (χ3v) is 4.17. The number of hydrogen-bond donors (Lipinski definition) is 0. The molecule has 20 heavy (non-hydrogen) atoms. The molecule has 1 atom stereocenters. The Hall–Kier alpha value is -1.14. The number of halogens is 2. The number of amides is 1. The van der Waals surface area contributed by atoms with Gasteiger partial charge in [0.1, 0.15) is 5.56 Å². The van der Waals surface area contributed by atoms with Gasteiger partial charge in [-0.05, 0) is 30.9 Å². The monoisotopic (exact) mass is 360 g/mol. The summed E-state index contributed by atoms with van der Waals surface area (Å²) < 4.78 is 0. The van der Waals surface area contributed by atoms with Gasteiger partial charge in [-0.25, -0.2) is 0 Å². The zero-order valence-corrected chi connectivity index (χ0v) is 13.1. The lowest BCUT2D eigenvalue weighted by Crippen LogP contribution is -2.29. The molecule has 1 unspecified atom stereocenters. The van der Waals surface area contributed by atoms with Gasteiger partial charge in [-0.15, -0.1) is 0 Å². The first-order valence-electron chi connectivity index (χ1n) is 6.32. The fourth-order valence-corrected chi connectivity index (χ4v) is 3.23. The highest BCUT2D eigenvalue weighted by atomic mass is 79.9. The van der Waals surface area contributed by atoms with Crippen LogP contribution in [-0.2, 0) is 0 Å². The quantitative estimate of drug-likeness (QED) is 0.468. The van der Waals surface area contributed by atoms with E-state index in [0.717, 1.165) is 18.2 Å². The fourth-order valence-electron chi connectivity index (χ4n) is 2.41. The molecule has 0 aliphatic carbocycles. The van der Waals surface area contributed by atoms with E-state index in [-0.39, 0.29) is 22.2 Å². The molecule has 0 N–H and O–H groups in total. The molecular weight excluding hydrogens is 348 g/mol. The lowest BCUT2D eigenvalue weighted by atomic mass is 10.1. The maximum Gasteiger partial charge on any atom is 0.283 e. The Morgan fingerprint density at radius 2 is 2.30 bits per heavy atom. The van der Waals surface area contributed by atoms with Gasteiger partial charge in [-0.2, -0.15) is 0 Å². The molecule has 1 aliphatic rings. The van der Waals surface area contributed by atoms with Crippen LogP contribution in [-0.4, -0.2) is 34.2 Å². The zero-order chi connectivity index (χ0) is 14.7. The van der Waals surface area contributed by atoms with E-state index in [1.54, 1.807) is 4.90 Å². The van der Waals surface area contributed by atoms with E-state index in [1.165, 1.54) is 18.2 Å². The number of alkyl halides is 1. The molecule has 1 amide bonds. The molecule has 2 rings (SSSR count). The predicted molar refractivity (Wildman–Crippen MR) is 80.5 cm³/mol. The second-order valence-corrected chi connectivity index (χ2v) is 6.03. The second kappa shape index (κ2) is 6.54. The van der Waals surface area contributed by atoms with Crippen LogP contribution < -0.4 is 0 Å². The van der Waals surface area contributed by atoms with Crippen molar-refractivity contribution in [3.8, 4) is 0 Å². The highest BCUT2D eigenvalue weighted by Crippen LogP contribution is 2.27. The van der Waals surface area contributed by atoms with Crippen molar-refractivity contribution < 1.29 is 9.72 Å². The van der Waals surface area contributed by atoms with Gasteiger partial charge in [0, 0.05) is 29.5 Å². The van der Waals surface area contributed by atoms with Crippen molar-refractivity contribution in [1.29, 1.82) is 0 Å². The Labute approximate surface area is 130 Å². The number of carbonyl (C=O) groups is 1. The van der Waals surface area contributed by atoms with E-state index in [4.69, 9.17) is 11.6 Å². The Kier molecular flexibility index (Phi) is 4.99. The highest BCUT2D eigenvalue weighted by molar-refractivity contribution is 9.09. The molecule has 1 aliphatic heterocycles. The van der Waals surface area contributed by atoms with Gasteiger partial charge in [0.05, 0.1) is 4.92 Å². The van der Waals surface area contributed by atoms with E-state index in [0.29, 0.717) is 19.0 Å². The number of nitro groups is 1. The van der Waals surface area contributed by atoms with Crippen LogP contribution in [0.1, 0.15) is 23.2 Å². The number of nitro benzene ring substituents is 1. The maximum atomic E-state index is 12.4. The number of hydrogen-bond acceptors (Lipinski definition) is 3. The summed E-state index contributed by atoms with van der Waals surface area (Å²) in [5.41, 5.74) is -0.120. The number of nitrogens with zero attached hydrogens (tertiary/aromatic N) is 2. The molecule has 0 bridgehead atoms. The van der Waals surface area contributed by atoms with E-state index in [1.807, 2.05) is 0 Å². The first-order valence-corrected chi connectivity index (χ1v) is 7.82. The summed E-state index contributed by atoms with van der Waals surface area (Å²) in [4.78, 5) is 24.5. The topological polar surface area (TPSA) is 63.4 Å². The van der Waals surface area contributed by atoms with Crippen molar-refractivity contribution in [2.75, 3.05) is 18.4 Å². The van der Waals surface area contributed by atoms with Crippen molar-refractivity contribution in [2.45, 2.75) is 12.8 Å². The van der Waals surface area contributed by atoms with E-state index in [9.17, 15) is 14.9 Å². The SMILES string of the molecule is O=C(c1ccc(Cl)cc1[N+](=O)[O-])N1CCC(CCBr)C1. The van der Waals surface area contributed by atoms with Crippen LogP contribution in [0.5, 0.6) is 0 Å². The van der Waals surface area contributed by atoms with Crippen LogP contribution in [0.25, 0.3) is 0 Å². The highest BCUT2D eigenvalue weighted by Gasteiger charge is 2.30. The molecule has 108 valence electrons. The summed E-state index contributed by atoms with van der Waals surface area (Å²) in [6.07, 6.45) is 1.95. The van der Waals surface area contributed by atoms with E-state index >= 15 is 0 Å². The third kappa shape index (κ3) is 3.30. The molecule has 0 aromatic heterocycles. The summed E-state index contributed by atoms with van der Waals surface area (Å²) >= 11 is 9.15. The average molecular weight is 362 g/mol. The molecule has 0 saturated carbocycles. The van der Waals surface area contributed by atoms with Crippen LogP contribution in [0.3, 0.4) is 0 Å². The lowest BCUT2D eigenvalue weighted by molar-refractivity contribution is -0.385. The van der Waals surface area contributed by atoms with E-state index < -0.39 is 4.92 Å². The average Bonchev–Trinajstić information content (AvgIpc) is 2.87. The Morgan fingerprint density at radius 1 is 1.55 bits per heavy atom. The first-order chi connectivity index (χ1) is 9.52. The van der Waals surface area contributed by atoms with Crippen LogP contribution in [0.4, 0.5) is 5.69 Å². The largest absolute Gasteiger partial charge is 0.338 e. The molecule has 1 fully saturated rings. The standard InChI is InChI=1S/C13H14BrClN2O3/c14-5-3-9-4-6-16(8-9)13(18)11-2-1-10(15)7-12(11)17(19)20/h1-2,7,9H,3-6,8H2. The van der Waals surface area contributed by atoms with Gasteiger partial charge in [0.15, 0.2) is 0 Å². The van der Waals surface area contributed by atoms with Gasteiger partial charge >= 0.3 is 0 Å². The van der Waals surface area contributed by atoms with Gasteiger partial charge in [-0.1, -0.05) is 27.5 Å². The first kappa shape index (κ1) is 15.3. The molecule has 7 heteroatoms. The van der Waals surface area contributed by atoms with Gasteiger partial charge in [0.25, 0.3) is 11.6 Å². The van der Waals surface area contributed by atoms with Crippen molar-refractivity contribution in [1.82, 2.24) is 4.90 Å². The minimum absolute atomic E-state index is 0.110. The van der Waals surface area contributed by atoms with Gasteiger partial charge in [-0.3, -0.25) is 14.9 Å². The van der Waals surface area contributed by atoms with Gasteiger partial charge in [0.2, 0.25) is 0 Å². The Bertz CT molecular complexity index is 538. The number of carbonyl (C=O) groups excluding carboxylic acids is 1. The number of rotatable bonds is 4. The number of likely N-dealkylation sites (tertiary alicyclic amines) is 1. The molecular formula is C13H14BrClN2O3. The van der Waals surface area contributed by atoms with Crippen molar-refractivity contribution in [3.05, 3.63) is 38.9 Å². The molecule has 5 nitrogen and oxygen atoms in total. The molecule has 1 heterocycles. The normalized spacial score (nSPS) is 18.3. The van der Waals surface area contributed by atoms with Crippen LogP contribution in [0.2, 0.25) is 5.02 Å². The maximum absolute atomic E-state index is 12.4. The van der Waals surface area contributed by atoms with Crippen molar-refractivity contribution in [3.63, 3.8) is 0 Å². The lowest BCUT2D eigenvalue weighted by Gasteiger charge is -2.16. The smallest absolute Gasteiger partial charge is 0.283 e. The summed E-state index contributed by atoms with van der Waals surface area (Å²) in [6, 6.07) is 4.16. The zero-order valence-electron chi connectivity index (χ0n) is 10.7. The summed E-state index contributed by atoms with van der Waals surface area (Å²) in [5.74, 6) is 0.176. The van der Waals surface area contributed by atoms with E-state index in [2.05, 4.69) is 15.9 Å². The van der Waals surface area contributed by atoms with Crippen molar-refractivity contribution in [2.24, 2.45) is 5.92 Å². The Morgan fingerprint density at radius 3 is 2.95 bits per heavy atom. The molecule has 1 aromatic rings. The minimum Gasteiger partial charge on any atom is -0.338 e. The molecule has 1 aromatic carbocycles. The Balaban J connectivity index is 2.20. The molecule has 0 radical (unpaired) electrons. The van der Waals surface area contributed by atoms with Crippen LogP contribution in [0, 0.1) is 16.0 Å². The fraction of sp³-hybridized carbons (Fsp3) is 0.462.